The maximum Gasteiger partial charge on any atom is 0.505 e. The van der Waals surface area contributed by atoms with Gasteiger partial charge in [-0.3, -0.25) is 9.59 Å². The summed E-state index contributed by atoms with van der Waals surface area (Å²) in [5.74, 6) is -0.836. The first-order valence-electron chi connectivity index (χ1n) is 7.22. The topological polar surface area (TPSA) is 89.9 Å². The molecular weight excluding hydrogens is 295 g/mol. The number of benzene rings is 1. The lowest BCUT2D eigenvalue weighted by Gasteiger charge is -2.20. The number of nitrogens with zero attached hydrogens (tertiary/aromatic N) is 1. The van der Waals surface area contributed by atoms with E-state index in [1.165, 1.54) is 11.0 Å². The molecule has 0 atom stereocenters. The summed E-state index contributed by atoms with van der Waals surface area (Å²) in [6.07, 6.45) is 1.46. The van der Waals surface area contributed by atoms with Crippen molar-refractivity contribution in [3.05, 3.63) is 53.6 Å². The molecule has 0 aliphatic rings. The van der Waals surface area contributed by atoms with Gasteiger partial charge in [-0.1, -0.05) is 36.9 Å². The van der Waals surface area contributed by atoms with Gasteiger partial charge in [-0.25, -0.2) is 0 Å². The molecule has 0 saturated carbocycles. The van der Waals surface area contributed by atoms with Crippen molar-refractivity contribution >= 4 is 25.0 Å². The van der Waals surface area contributed by atoms with Crippen LogP contribution in [0.1, 0.15) is 19.4 Å². The first kappa shape index (κ1) is 18.7. The van der Waals surface area contributed by atoms with Gasteiger partial charge in [-0.2, -0.15) is 0 Å². The van der Waals surface area contributed by atoms with Gasteiger partial charge in [0.15, 0.2) is 0 Å². The van der Waals surface area contributed by atoms with Gasteiger partial charge in [-0.05, 0) is 25.5 Å². The second kappa shape index (κ2) is 8.92. The van der Waals surface area contributed by atoms with E-state index < -0.39 is 13.0 Å². The van der Waals surface area contributed by atoms with E-state index in [1.807, 2.05) is 6.07 Å². The smallest absolute Gasteiger partial charge is 0.422 e. The lowest BCUT2D eigenvalue weighted by Crippen LogP contribution is -2.42. The van der Waals surface area contributed by atoms with Crippen molar-refractivity contribution in [2.24, 2.45) is 0 Å². The lowest BCUT2D eigenvalue weighted by atomic mass is 9.84. The number of nitrogens with one attached hydrogen (secondary N) is 1. The molecule has 0 aliphatic heterocycles. The van der Waals surface area contributed by atoms with E-state index in [0.717, 1.165) is 0 Å². The van der Waals surface area contributed by atoms with Crippen molar-refractivity contribution in [3.63, 3.8) is 0 Å². The number of carbonyl (C=O) groups is 2. The lowest BCUT2D eigenvalue weighted by molar-refractivity contribution is -0.132. The average Bonchev–Trinajstić information content (AvgIpc) is 2.52. The summed E-state index contributed by atoms with van der Waals surface area (Å²) in [4.78, 5) is 25.2. The Labute approximate surface area is 136 Å². The first-order chi connectivity index (χ1) is 10.8. The molecule has 0 aromatic heterocycles. The highest BCUT2D eigenvalue weighted by molar-refractivity contribution is 6.52. The minimum atomic E-state index is -1.83. The molecule has 1 aromatic rings. The molecule has 0 aliphatic carbocycles. The molecule has 0 spiro atoms. The summed E-state index contributed by atoms with van der Waals surface area (Å²) in [7, 11) is -1.83. The standard InChI is InChI=1S/C16H21BN2O4/c1-4-19(16(21)12(2)3)11-15(20)18-14(17(22)23)10-13-8-6-5-7-9-13/h5-10,22-23H,2,4,11H2,1,3H3,(H,18,20)/b14-10+. The van der Waals surface area contributed by atoms with Crippen LogP contribution in [0.2, 0.25) is 0 Å². The monoisotopic (exact) mass is 316 g/mol. The molecule has 0 saturated heterocycles. The minimum Gasteiger partial charge on any atom is -0.422 e. The van der Waals surface area contributed by atoms with E-state index >= 15 is 0 Å². The number of rotatable bonds is 7. The van der Waals surface area contributed by atoms with Gasteiger partial charge in [0.1, 0.15) is 6.54 Å². The van der Waals surface area contributed by atoms with Crippen molar-refractivity contribution < 1.29 is 19.6 Å². The molecule has 1 rings (SSSR count). The maximum absolute atomic E-state index is 12.0. The third-order valence-corrected chi connectivity index (χ3v) is 3.05. The molecule has 0 radical (unpaired) electrons. The van der Waals surface area contributed by atoms with Gasteiger partial charge in [-0.15, -0.1) is 0 Å². The third-order valence-electron chi connectivity index (χ3n) is 3.05. The molecule has 0 unspecified atom stereocenters. The predicted octanol–water partition coefficient (Wildman–Crippen LogP) is 0.580. The molecule has 3 N–H and O–H groups in total. The summed E-state index contributed by atoms with van der Waals surface area (Å²) < 4.78 is 0. The van der Waals surface area contributed by atoms with Crippen LogP contribution in [0.4, 0.5) is 0 Å². The summed E-state index contributed by atoms with van der Waals surface area (Å²) in [6.45, 7) is 7.03. The zero-order valence-corrected chi connectivity index (χ0v) is 13.3. The number of likely N-dealkylation sites (N-methyl/N-ethyl adjacent to an activating group) is 1. The molecule has 7 heteroatoms. The summed E-state index contributed by atoms with van der Waals surface area (Å²) >= 11 is 0. The highest BCUT2D eigenvalue weighted by Crippen LogP contribution is 2.06. The molecule has 23 heavy (non-hydrogen) atoms. The fourth-order valence-corrected chi connectivity index (χ4v) is 1.87. The zero-order chi connectivity index (χ0) is 17.4. The zero-order valence-electron chi connectivity index (χ0n) is 13.3. The Kier molecular flexibility index (Phi) is 7.24. The van der Waals surface area contributed by atoms with Gasteiger partial charge in [0.05, 0.1) is 0 Å². The Balaban J connectivity index is 2.81. The minimum absolute atomic E-state index is 0.0555. The van der Waals surface area contributed by atoms with Gasteiger partial charge in [0.2, 0.25) is 11.8 Å². The van der Waals surface area contributed by atoms with Crippen molar-refractivity contribution in [3.8, 4) is 0 Å². The Morgan fingerprint density at radius 1 is 1.30 bits per heavy atom. The summed E-state index contributed by atoms with van der Waals surface area (Å²) in [5, 5.41) is 21.2. The third kappa shape index (κ3) is 6.10. The van der Waals surface area contributed by atoms with Gasteiger partial charge in [0.25, 0.3) is 0 Å². The van der Waals surface area contributed by atoms with Crippen LogP contribution in [0.5, 0.6) is 0 Å². The van der Waals surface area contributed by atoms with Crippen LogP contribution in [0, 0.1) is 0 Å². The average molecular weight is 316 g/mol. The number of hydrogen-bond donors (Lipinski definition) is 3. The van der Waals surface area contributed by atoms with E-state index in [0.29, 0.717) is 17.7 Å². The second-order valence-electron chi connectivity index (χ2n) is 5.03. The maximum atomic E-state index is 12.0. The Morgan fingerprint density at radius 2 is 1.91 bits per heavy atom. The van der Waals surface area contributed by atoms with E-state index in [4.69, 9.17) is 0 Å². The van der Waals surface area contributed by atoms with Crippen LogP contribution in [-0.4, -0.2) is 47.0 Å². The molecule has 1 aromatic carbocycles. The van der Waals surface area contributed by atoms with Crippen LogP contribution < -0.4 is 5.32 Å². The van der Waals surface area contributed by atoms with Crippen LogP contribution in [-0.2, 0) is 9.59 Å². The van der Waals surface area contributed by atoms with Gasteiger partial charge in [0, 0.05) is 17.7 Å². The van der Waals surface area contributed by atoms with E-state index in [-0.39, 0.29) is 18.0 Å². The fraction of sp³-hybridized carbons (Fsp3) is 0.250. The normalized spacial score (nSPS) is 10.9. The molecule has 0 heterocycles. The van der Waals surface area contributed by atoms with Crippen molar-refractivity contribution in [2.75, 3.05) is 13.1 Å². The SMILES string of the molecule is C=C(C)C(=O)N(CC)CC(=O)N/C(=C/c1ccccc1)B(O)O. The van der Waals surface area contributed by atoms with E-state index in [2.05, 4.69) is 11.9 Å². The molecule has 6 nitrogen and oxygen atoms in total. The van der Waals surface area contributed by atoms with E-state index in [9.17, 15) is 19.6 Å². The van der Waals surface area contributed by atoms with Crippen molar-refractivity contribution in [1.82, 2.24) is 10.2 Å². The number of hydrogen-bond acceptors (Lipinski definition) is 4. The van der Waals surface area contributed by atoms with Crippen LogP contribution in [0.3, 0.4) is 0 Å². The van der Waals surface area contributed by atoms with Crippen molar-refractivity contribution in [2.45, 2.75) is 13.8 Å². The molecule has 0 fully saturated rings. The number of amides is 2. The van der Waals surface area contributed by atoms with Crippen LogP contribution >= 0.6 is 0 Å². The Bertz CT molecular complexity index is 599. The Hall–Kier alpha value is -2.38. The summed E-state index contributed by atoms with van der Waals surface area (Å²) in [6, 6.07) is 8.93. The van der Waals surface area contributed by atoms with E-state index in [1.54, 1.807) is 38.1 Å². The molecular formula is C16H21BN2O4. The van der Waals surface area contributed by atoms with Crippen LogP contribution in [0.15, 0.2) is 48.1 Å². The highest BCUT2D eigenvalue weighted by atomic mass is 16.4. The fourth-order valence-electron chi connectivity index (χ4n) is 1.87. The molecule has 2 amide bonds. The number of carbonyl (C=O) groups excluding carboxylic acids is 2. The largest absolute Gasteiger partial charge is 0.505 e. The quantitative estimate of drug-likeness (QED) is 0.507. The summed E-state index contributed by atoms with van der Waals surface area (Å²) in [5.41, 5.74) is 0.989. The highest BCUT2D eigenvalue weighted by Gasteiger charge is 2.21. The molecule has 0 bridgehead atoms. The molecule has 122 valence electrons. The Morgan fingerprint density at radius 3 is 2.39 bits per heavy atom. The second-order valence-corrected chi connectivity index (χ2v) is 5.03. The van der Waals surface area contributed by atoms with Crippen molar-refractivity contribution in [1.29, 1.82) is 0 Å². The first-order valence-corrected chi connectivity index (χ1v) is 7.22. The van der Waals surface area contributed by atoms with Gasteiger partial charge >= 0.3 is 7.12 Å². The van der Waals surface area contributed by atoms with Gasteiger partial charge < -0.3 is 20.3 Å². The predicted molar refractivity (Wildman–Crippen MR) is 89.8 cm³/mol. The van der Waals surface area contributed by atoms with Crippen LogP contribution in [0.25, 0.3) is 6.08 Å².